The molecule has 1 heterocycles. The lowest BCUT2D eigenvalue weighted by Crippen LogP contribution is -2.38. The molecule has 240 valence electrons. The molecule has 1 aromatic heterocycles. The van der Waals surface area contributed by atoms with Gasteiger partial charge in [0, 0.05) is 23.7 Å². The van der Waals surface area contributed by atoms with E-state index in [0.29, 0.717) is 35.9 Å². The number of rotatable bonds is 11. The van der Waals surface area contributed by atoms with Crippen molar-refractivity contribution in [3.8, 4) is 28.1 Å². The predicted molar refractivity (Wildman–Crippen MR) is 176 cm³/mol. The smallest absolute Gasteiger partial charge is 0.492 e. The second-order valence-corrected chi connectivity index (χ2v) is 11.3. The lowest BCUT2D eigenvalue weighted by atomic mass is 9.92. The predicted octanol–water partition coefficient (Wildman–Crippen LogP) is 7.03. The van der Waals surface area contributed by atoms with Crippen LogP contribution in [-0.2, 0) is 6.42 Å². The van der Waals surface area contributed by atoms with Gasteiger partial charge < -0.3 is 30.3 Å². The second kappa shape index (κ2) is 18.4. The molecule has 0 bridgehead atoms. The standard InChI is InChI=1S/C32H40ClN3O3.CH2O3.ClH/c1-4-8-22-9-5-6-10-26(22)27-16-18-29(32(38)34-24-12-14-25(37)15-13-24)35-31(27)23-11-17-28(33)30(21-23)39-20-7-19-36(2)3;2-1(3)4;/h5-6,9-11,16-18,21,24-25,37H,4,7-8,12-15,19-20H2,1-3H3,(H,34,38);(H2,2,3,4);1H. The Morgan fingerprint density at radius 2 is 1.70 bits per heavy atom. The molecule has 0 unspecified atom stereocenters. The number of aliphatic hydroxyl groups excluding tert-OH is 1. The maximum Gasteiger partial charge on any atom is 0.503 e. The van der Waals surface area contributed by atoms with Gasteiger partial charge in [-0.1, -0.05) is 55.3 Å². The normalized spacial score (nSPS) is 15.9. The van der Waals surface area contributed by atoms with E-state index in [4.69, 9.17) is 36.3 Å². The first-order chi connectivity index (χ1) is 20.6. The van der Waals surface area contributed by atoms with Crippen molar-refractivity contribution in [1.82, 2.24) is 15.2 Å². The van der Waals surface area contributed by atoms with E-state index in [-0.39, 0.29) is 30.5 Å². The van der Waals surface area contributed by atoms with Crippen LogP contribution in [0, 0.1) is 0 Å². The Hall–Kier alpha value is -3.37. The minimum absolute atomic E-state index is 0. The summed E-state index contributed by atoms with van der Waals surface area (Å²) in [6, 6.07) is 17.9. The summed E-state index contributed by atoms with van der Waals surface area (Å²) in [7, 11) is 4.08. The van der Waals surface area contributed by atoms with Crippen molar-refractivity contribution < 1.29 is 29.6 Å². The Morgan fingerprint density at radius 3 is 2.36 bits per heavy atom. The maximum absolute atomic E-state index is 13.3. The summed E-state index contributed by atoms with van der Waals surface area (Å²) < 4.78 is 6.06. The average Bonchev–Trinajstić information content (AvgIpc) is 2.97. The van der Waals surface area contributed by atoms with Crippen LogP contribution < -0.4 is 10.1 Å². The zero-order valence-corrected chi connectivity index (χ0v) is 27.0. The molecule has 0 aliphatic heterocycles. The van der Waals surface area contributed by atoms with E-state index >= 15 is 0 Å². The lowest BCUT2D eigenvalue weighted by Gasteiger charge is -2.26. The molecule has 2 aromatic carbocycles. The number of nitrogens with zero attached hydrogens (tertiary/aromatic N) is 2. The van der Waals surface area contributed by atoms with E-state index in [0.717, 1.165) is 61.0 Å². The van der Waals surface area contributed by atoms with Gasteiger partial charge >= 0.3 is 6.16 Å². The van der Waals surface area contributed by atoms with Crippen molar-refractivity contribution in [3.05, 3.63) is 70.9 Å². The largest absolute Gasteiger partial charge is 0.503 e. The molecular weight excluding hydrogens is 605 g/mol. The number of aryl methyl sites for hydroxylation is 1. The van der Waals surface area contributed by atoms with Gasteiger partial charge in [-0.3, -0.25) is 4.79 Å². The minimum atomic E-state index is -1.83. The van der Waals surface area contributed by atoms with E-state index in [1.807, 2.05) is 50.5 Å². The van der Waals surface area contributed by atoms with Crippen molar-refractivity contribution in [2.75, 3.05) is 27.2 Å². The number of carbonyl (C=O) groups excluding carboxylic acids is 1. The average molecular weight is 649 g/mol. The fraction of sp³-hybridized carbons (Fsp3) is 0.424. The number of nitrogens with one attached hydrogen (secondary N) is 1. The highest BCUT2D eigenvalue weighted by molar-refractivity contribution is 6.32. The minimum Gasteiger partial charge on any atom is -0.492 e. The van der Waals surface area contributed by atoms with Gasteiger partial charge in [-0.15, -0.1) is 12.4 Å². The molecular formula is C33H43Cl2N3O6. The highest BCUT2D eigenvalue weighted by atomic mass is 35.5. The summed E-state index contributed by atoms with van der Waals surface area (Å²) in [5, 5.41) is 27.4. The molecule has 0 spiro atoms. The third-order valence-corrected chi connectivity index (χ3v) is 7.51. The number of carbonyl (C=O) groups is 2. The van der Waals surface area contributed by atoms with Crippen molar-refractivity contribution in [3.63, 3.8) is 0 Å². The third-order valence-electron chi connectivity index (χ3n) is 7.20. The molecule has 1 aliphatic carbocycles. The highest BCUT2D eigenvalue weighted by Crippen LogP contribution is 2.37. The van der Waals surface area contributed by atoms with E-state index in [2.05, 4.69) is 35.3 Å². The van der Waals surface area contributed by atoms with E-state index in [9.17, 15) is 9.90 Å². The summed E-state index contributed by atoms with van der Waals surface area (Å²) in [5.74, 6) is 0.415. The van der Waals surface area contributed by atoms with Gasteiger partial charge in [-0.2, -0.15) is 0 Å². The molecule has 11 heteroatoms. The van der Waals surface area contributed by atoms with Crippen molar-refractivity contribution in [2.45, 2.75) is 64.0 Å². The van der Waals surface area contributed by atoms with E-state index < -0.39 is 6.16 Å². The molecule has 1 amide bonds. The monoisotopic (exact) mass is 647 g/mol. The number of hydrogen-bond donors (Lipinski definition) is 4. The number of carboxylic acid groups (broad SMARTS) is 2. The number of aliphatic hydroxyl groups is 1. The van der Waals surface area contributed by atoms with Crippen LogP contribution in [0.1, 0.15) is 61.5 Å². The Morgan fingerprint density at radius 1 is 1.02 bits per heavy atom. The van der Waals surface area contributed by atoms with Crippen LogP contribution in [0.3, 0.4) is 0 Å². The summed E-state index contributed by atoms with van der Waals surface area (Å²) in [6.45, 7) is 3.65. The number of pyridine rings is 1. The summed E-state index contributed by atoms with van der Waals surface area (Å²) in [6.07, 6.45) is 3.72. The number of benzene rings is 2. The Bertz CT molecular complexity index is 1360. The van der Waals surface area contributed by atoms with Crippen molar-refractivity contribution in [1.29, 1.82) is 0 Å². The summed E-state index contributed by atoms with van der Waals surface area (Å²) in [4.78, 5) is 28.9. The fourth-order valence-corrected chi connectivity index (χ4v) is 5.27. The maximum atomic E-state index is 13.3. The Labute approximate surface area is 270 Å². The van der Waals surface area contributed by atoms with Crippen molar-refractivity contribution in [2.24, 2.45) is 0 Å². The quantitative estimate of drug-likeness (QED) is 0.163. The van der Waals surface area contributed by atoms with Gasteiger partial charge in [0.05, 0.1) is 23.4 Å². The number of halogens is 2. The first-order valence-corrected chi connectivity index (χ1v) is 15.0. The number of aromatic nitrogens is 1. The molecule has 1 fully saturated rings. The number of amides is 1. The van der Waals surface area contributed by atoms with Gasteiger partial charge in [-0.25, -0.2) is 9.78 Å². The molecule has 1 aliphatic rings. The summed E-state index contributed by atoms with van der Waals surface area (Å²) in [5.41, 5.74) is 5.26. The zero-order chi connectivity index (χ0) is 31.4. The molecule has 0 atom stereocenters. The first kappa shape index (κ1) is 36.8. The van der Waals surface area contributed by atoms with Crippen LogP contribution >= 0.6 is 24.0 Å². The molecule has 0 radical (unpaired) electrons. The lowest BCUT2D eigenvalue weighted by molar-refractivity contribution is 0.0863. The molecule has 1 saturated carbocycles. The Balaban J connectivity index is 0.00000127. The second-order valence-electron chi connectivity index (χ2n) is 10.9. The van der Waals surface area contributed by atoms with E-state index in [1.54, 1.807) is 0 Å². The van der Waals surface area contributed by atoms with Crippen LogP contribution in [0.4, 0.5) is 4.79 Å². The van der Waals surface area contributed by atoms with Gasteiger partial charge in [-0.05, 0) is 88.0 Å². The topological polar surface area (TPSA) is 132 Å². The molecule has 4 N–H and O–H groups in total. The first-order valence-electron chi connectivity index (χ1n) is 14.7. The number of ether oxygens (including phenoxy) is 1. The van der Waals surface area contributed by atoms with Crippen LogP contribution in [0.25, 0.3) is 22.4 Å². The molecule has 44 heavy (non-hydrogen) atoms. The van der Waals surface area contributed by atoms with Crippen LogP contribution in [0.5, 0.6) is 5.75 Å². The summed E-state index contributed by atoms with van der Waals surface area (Å²) >= 11 is 6.51. The Kier molecular flexibility index (Phi) is 15.4. The molecule has 3 aromatic rings. The highest BCUT2D eigenvalue weighted by Gasteiger charge is 2.23. The van der Waals surface area contributed by atoms with Crippen LogP contribution in [-0.4, -0.2) is 76.7 Å². The van der Waals surface area contributed by atoms with Gasteiger partial charge in [0.25, 0.3) is 5.91 Å². The molecule has 9 nitrogen and oxygen atoms in total. The zero-order valence-electron chi connectivity index (χ0n) is 25.5. The molecule has 0 saturated heterocycles. The fourth-order valence-electron chi connectivity index (χ4n) is 5.10. The van der Waals surface area contributed by atoms with Crippen LogP contribution in [0.2, 0.25) is 5.02 Å². The van der Waals surface area contributed by atoms with Gasteiger partial charge in [0.1, 0.15) is 11.4 Å². The van der Waals surface area contributed by atoms with Gasteiger partial charge in [0.15, 0.2) is 0 Å². The number of hydrogen-bond acceptors (Lipinski definition) is 6. The van der Waals surface area contributed by atoms with Crippen molar-refractivity contribution >= 4 is 36.1 Å². The third kappa shape index (κ3) is 11.3. The van der Waals surface area contributed by atoms with Gasteiger partial charge in [0.2, 0.25) is 0 Å². The SMILES string of the molecule is CCCc1ccccc1-c1ccc(C(=O)NC2CCC(O)CC2)nc1-c1ccc(Cl)c(OCCCN(C)C)c1.Cl.O=C(O)O. The van der Waals surface area contributed by atoms with Crippen LogP contribution in [0.15, 0.2) is 54.6 Å². The molecule has 4 rings (SSSR count). The van der Waals surface area contributed by atoms with E-state index in [1.165, 1.54) is 5.56 Å².